The summed E-state index contributed by atoms with van der Waals surface area (Å²) in [5, 5.41) is 27.0. The number of likely N-dealkylation sites (tertiary alicyclic amines) is 1. The average molecular weight is 584 g/mol. The second kappa shape index (κ2) is 12.4. The van der Waals surface area contributed by atoms with Crippen molar-refractivity contribution >= 4 is 17.7 Å². The summed E-state index contributed by atoms with van der Waals surface area (Å²) in [6.07, 6.45) is 3.22. The van der Waals surface area contributed by atoms with Gasteiger partial charge in [0.25, 0.3) is 11.8 Å². The molecule has 224 valence electrons. The molecule has 1 unspecified atom stereocenters. The van der Waals surface area contributed by atoms with Crippen molar-refractivity contribution in [2.75, 3.05) is 27.2 Å². The number of hydrogen-bond donors (Lipinski definition) is 3. The maximum absolute atomic E-state index is 13.1. The minimum absolute atomic E-state index is 0.0865. The Hall–Kier alpha value is -4.56. The van der Waals surface area contributed by atoms with Crippen LogP contribution in [0.4, 0.5) is 0 Å². The van der Waals surface area contributed by atoms with Crippen molar-refractivity contribution in [1.82, 2.24) is 31.0 Å². The summed E-state index contributed by atoms with van der Waals surface area (Å²) in [6, 6.07) is 13.0. The van der Waals surface area contributed by atoms with Crippen molar-refractivity contribution in [3.05, 3.63) is 81.6 Å². The number of nitriles is 1. The summed E-state index contributed by atoms with van der Waals surface area (Å²) >= 11 is 0. The lowest BCUT2D eigenvalue weighted by atomic mass is 9.68. The van der Waals surface area contributed by atoms with Gasteiger partial charge in [-0.25, -0.2) is 0 Å². The van der Waals surface area contributed by atoms with Gasteiger partial charge in [-0.3, -0.25) is 14.4 Å². The van der Waals surface area contributed by atoms with E-state index in [1.807, 2.05) is 31.2 Å². The van der Waals surface area contributed by atoms with Crippen molar-refractivity contribution in [3.8, 4) is 6.07 Å². The van der Waals surface area contributed by atoms with Gasteiger partial charge in [0, 0.05) is 44.7 Å². The number of amides is 3. The van der Waals surface area contributed by atoms with Crippen LogP contribution in [-0.2, 0) is 23.1 Å². The highest BCUT2D eigenvalue weighted by Gasteiger charge is 2.46. The van der Waals surface area contributed by atoms with E-state index in [0.29, 0.717) is 55.1 Å². The molecule has 2 aromatic carbocycles. The van der Waals surface area contributed by atoms with Gasteiger partial charge in [-0.05, 0) is 85.5 Å². The van der Waals surface area contributed by atoms with Gasteiger partial charge in [0.05, 0.1) is 12.6 Å². The van der Waals surface area contributed by atoms with E-state index in [0.717, 1.165) is 28.7 Å². The number of nitrogens with one attached hydrogen (secondary N) is 3. The highest BCUT2D eigenvalue weighted by atomic mass is 16.4. The fourth-order valence-corrected chi connectivity index (χ4v) is 6.52. The van der Waals surface area contributed by atoms with Crippen LogP contribution >= 0.6 is 0 Å². The van der Waals surface area contributed by atoms with E-state index in [1.54, 1.807) is 38.1 Å². The summed E-state index contributed by atoms with van der Waals surface area (Å²) in [4.78, 5) is 39.9. The number of fused-ring (bicyclic) bond motifs is 2. The van der Waals surface area contributed by atoms with E-state index in [1.165, 1.54) is 0 Å². The summed E-state index contributed by atoms with van der Waals surface area (Å²) in [5.74, 6) is 0.344. The zero-order valence-corrected chi connectivity index (χ0v) is 25.0. The maximum Gasteiger partial charge on any atom is 0.251 e. The molecule has 0 spiro atoms. The SMILES string of the molecule is CNC(=O)c1ccc2c(c1)CCc1cc(C(=O)NC)ccc1C2(C[C@H](C)NCC(=O)N1CCCC1C#N)c1nnc(C)o1. The summed E-state index contributed by atoms with van der Waals surface area (Å²) in [7, 11) is 3.20. The van der Waals surface area contributed by atoms with E-state index >= 15 is 0 Å². The number of carbonyl (C=O) groups is 3. The van der Waals surface area contributed by atoms with Gasteiger partial charge in [0.1, 0.15) is 11.5 Å². The third-order valence-electron chi connectivity index (χ3n) is 8.60. The summed E-state index contributed by atoms with van der Waals surface area (Å²) < 4.78 is 6.21. The normalized spacial score (nSPS) is 17.7. The van der Waals surface area contributed by atoms with E-state index in [2.05, 4.69) is 32.2 Å². The monoisotopic (exact) mass is 583 g/mol. The Labute approximate surface area is 251 Å². The molecule has 1 aliphatic carbocycles. The Balaban J connectivity index is 1.62. The predicted octanol–water partition coefficient (Wildman–Crippen LogP) is 2.41. The minimum atomic E-state index is -0.941. The second-order valence-corrected chi connectivity index (χ2v) is 11.3. The lowest BCUT2D eigenvalue weighted by Gasteiger charge is -2.36. The third kappa shape index (κ3) is 5.62. The van der Waals surface area contributed by atoms with E-state index in [9.17, 15) is 19.6 Å². The van der Waals surface area contributed by atoms with Gasteiger partial charge < -0.3 is 25.3 Å². The number of aryl methyl sites for hydroxylation is 3. The van der Waals surface area contributed by atoms with Crippen LogP contribution < -0.4 is 16.0 Å². The minimum Gasteiger partial charge on any atom is -0.424 e. The van der Waals surface area contributed by atoms with Gasteiger partial charge in [-0.1, -0.05) is 12.1 Å². The van der Waals surface area contributed by atoms with Gasteiger partial charge in [-0.15, -0.1) is 10.2 Å². The first-order chi connectivity index (χ1) is 20.7. The molecule has 1 aliphatic heterocycles. The quantitative estimate of drug-likeness (QED) is 0.366. The van der Waals surface area contributed by atoms with Crippen molar-refractivity contribution < 1.29 is 18.8 Å². The molecular formula is C32H37N7O4. The van der Waals surface area contributed by atoms with Crippen LogP contribution in [0.2, 0.25) is 0 Å². The van der Waals surface area contributed by atoms with E-state index in [-0.39, 0.29) is 36.3 Å². The molecule has 0 radical (unpaired) electrons. The van der Waals surface area contributed by atoms with Crippen LogP contribution in [0.5, 0.6) is 0 Å². The molecule has 11 heteroatoms. The van der Waals surface area contributed by atoms with E-state index in [4.69, 9.17) is 4.42 Å². The summed E-state index contributed by atoms with van der Waals surface area (Å²) in [5.41, 5.74) is 3.94. The highest BCUT2D eigenvalue weighted by Crippen LogP contribution is 2.47. The largest absolute Gasteiger partial charge is 0.424 e. The number of aromatic nitrogens is 2. The van der Waals surface area contributed by atoms with Crippen molar-refractivity contribution in [3.63, 3.8) is 0 Å². The van der Waals surface area contributed by atoms with Crippen LogP contribution in [0.3, 0.4) is 0 Å². The number of carbonyl (C=O) groups excluding carboxylic acids is 3. The molecule has 2 atom stereocenters. The average Bonchev–Trinajstić information content (AvgIpc) is 3.67. The Kier molecular flexibility index (Phi) is 8.59. The maximum atomic E-state index is 13.1. The third-order valence-corrected chi connectivity index (χ3v) is 8.60. The molecule has 3 aromatic rings. The Morgan fingerprint density at radius 2 is 1.65 bits per heavy atom. The fraction of sp³-hybridized carbons (Fsp3) is 0.438. The van der Waals surface area contributed by atoms with Gasteiger partial charge >= 0.3 is 0 Å². The number of nitrogens with zero attached hydrogens (tertiary/aromatic N) is 4. The van der Waals surface area contributed by atoms with Gasteiger partial charge in [0.2, 0.25) is 17.7 Å². The molecule has 3 N–H and O–H groups in total. The molecule has 0 saturated carbocycles. The second-order valence-electron chi connectivity index (χ2n) is 11.3. The van der Waals surface area contributed by atoms with Crippen molar-refractivity contribution in [2.45, 2.75) is 63.5 Å². The number of benzene rings is 2. The van der Waals surface area contributed by atoms with Crippen LogP contribution in [0.1, 0.15) is 80.9 Å². The van der Waals surface area contributed by atoms with Crippen molar-refractivity contribution in [2.24, 2.45) is 0 Å². The van der Waals surface area contributed by atoms with Crippen molar-refractivity contribution in [1.29, 1.82) is 5.26 Å². The zero-order chi connectivity index (χ0) is 30.7. The molecule has 1 fully saturated rings. The standard InChI is InChI=1S/C32H37N7O4/c1-19(36-18-28(40)39-13-5-6-25(39)17-33)16-32(31-38-37-20(2)43-31)26-11-9-23(29(41)34-3)14-21(26)7-8-22-15-24(30(42)35-4)10-12-27(22)32/h9-12,14-15,19,25,36H,5-8,13,16,18H2,1-4H3,(H,34,41)(H,35,42)/t19-,25?/m0/s1. The molecule has 0 bridgehead atoms. The predicted molar refractivity (Wildman–Crippen MR) is 158 cm³/mol. The zero-order valence-electron chi connectivity index (χ0n) is 25.0. The molecular weight excluding hydrogens is 546 g/mol. The Bertz CT molecular complexity index is 1520. The first kappa shape index (κ1) is 29.9. The van der Waals surface area contributed by atoms with Crippen LogP contribution in [0.25, 0.3) is 0 Å². The summed E-state index contributed by atoms with van der Waals surface area (Å²) in [6.45, 7) is 4.42. The highest BCUT2D eigenvalue weighted by molar-refractivity contribution is 5.95. The molecule has 1 aromatic heterocycles. The lowest BCUT2D eigenvalue weighted by Crippen LogP contribution is -2.45. The van der Waals surface area contributed by atoms with Gasteiger partial charge in [0.15, 0.2) is 0 Å². The molecule has 2 heterocycles. The Morgan fingerprint density at radius 3 is 2.16 bits per heavy atom. The molecule has 43 heavy (non-hydrogen) atoms. The van der Waals surface area contributed by atoms with E-state index < -0.39 is 5.41 Å². The number of rotatable bonds is 8. The Morgan fingerprint density at radius 1 is 1.05 bits per heavy atom. The fourth-order valence-electron chi connectivity index (χ4n) is 6.52. The van der Waals surface area contributed by atoms with Gasteiger partial charge in [-0.2, -0.15) is 5.26 Å². The molecule has 5 rings (SSSR count). The molecule has 2 aliphatic rings. The number of hydrogen-bond acceptors (Lipinski definition) is 8. The van der Waals surface area contributed by atoms with Crippen LogP contribution in [-0.4, -0.2) is 72.1 Å². The van der Waals surface area contributed by atoms with Crippen LogP contribution in [0, 0.1) is 18.3 Å². The first-order valence-electron chi connectivity index (χ1n) is 14.7. The van der Waals surface area contributed by atoms with Crippen LogP contribution in [0.15, 0.2) is 40.8 Å². The first-order valence-corrected chi connectivity index (χ1v) is 14.7. The smallest absolute Gasteiger partial charge is 0.251 e. The molecule has 11 nitrogen and oxygen atoms in total. The molecule has 3 amide bonds. The lowest BCUT2D eigenvalue weighted by molar-refractivity contribution is -0.130. The topological polar surface area (TPSA) is 153 Å². The molecule has 1 saturated heterocycles.